The molecule has 7 heteroatoms. The van der Waals surface area contributed by atoms with Crippen molar-refractivity contribution in [3.05, 3.63) is 0 Å². The third kappa shape index (κ3) is 11.4. The molecule has 2 atom stereocenters. The Morgan fingerprint density at radius 2 is 1.80 bits per heavy atom. The van der Waals surface area contributed by atoms with E-state index in [1.807, 2.05) is 0 Å². The van der Waals surface area contributed by atoms with E-state index >= 15 is 0 Å². The fraction of sp³-hybridized carbons (Fsp3) is 0.923. The van der Waals surface area contributed by atoms with Crippen LogP contribution in [-0.2, 0) is 23.1 Å². The number of phosphoric ester groups is 1. The first kappa shape index (κ1) is 19.6. The van der Waals surface area contributed by atoms with Crippen LogP contribution >= 0.6 is 7.82 Å². The van der Waals surface area contributed by atoms with Gasteiger partial charge in [0.1, 0.15) is 6.10 Å². The monoisotopic (exact) mass is 310 g/mol. The normalized spacial score (nSPS) is 15.6. The number of phosphoric acid groups is 1. The van der Waals surface area contributed by atoms with Gasteiger partial charge in [0.25, 0.3) is 0 Å². The molecule has 0 spiro atoms. The van der Waals surface area contributed by atoms with Crippen LogP contribution in [0.2, 0.25) is 0 Å². The molecule has 6 nitrogen and oxygen atoms in total. The van der Waals surface area contributed by atoms with Crippen molar-refractivity contribution < 1.29 is 28.0 Å². The zero-order chi connectivity index (χ0) is 15.4. The predicted molar refractivity (Wildman–Crippen MR) is 76.3 cm³/mol. The van der Waals surface area contributed by atoms with Crippen molar-refractivity contribution in [2.24, 2.45) is 0 Å². The van der Waals surface area contributed by atoms with Crippen LogP contribution in [0.5, 0.6) is 0 Å². The third-order valence-corrected chi connectivity index (χ3v) is 3.64. The standard InChI is InChI=1S/C13H27O6P/c1-4-6-7-8-9-10-13(14)19-12(3)11-18-20(15,16)17-5-2/h12H,4-11H2,1-3H3,(H,15,16)/t12-/m1/s1. The van der Waals surface area contributed by atoms with Crippen molar-refractivity contribution in [3.8, 4) is 0 Å². The number of ether oxygens (including phenoxy) is 1. The molecule has 0 heterocycles. The Morgan fingerprint density at radius 1 is 1.15 bits per heavy atom. The molecule has 0 saturated carbocycles. The van der Waals surface area contributed by atoms with Crippen molar-refractivity contribution in [1.29, 1.82) is 0 Å². The molecule has 0 radical (unpaired) electrons. The van der Waals surface area contributed by atoms with Crippen molar-refractivity contribution in [3.63, 3.8) is 0 Å². The number of rotatable bonds is 12. The summed E-state index contributed by atoms with van der Waals surface area (Å²) in [5.74, 6) is -0.304. The molecule has 20 heavy (non-hydrogen) atoms. The Hall–Kier alpha value is -0.420. The van der Waals surface area contributed by atoms with Crippen molar-refractivity contribution in [2.75, 3.05) is 13.2 Å². The fourth-order valence-electron chi connectivity index (χ4n) is 1.59. The Kier molecular flexibility index (Phi) is 11.0. The van der Waals surface area contributed by atoms with Crippen LogP contribution in [0.1, 0.15) is 59.3 Å². The molecular weight excluding hydrogens is 283 g/mol. The number of hydrogen-bond acceptors (Lipinski definition) is 5. The summed E-state index contributed by atoms with van der Waals surface area (Å²) in [6.45, 7) is 5.27. The fourth-order valence-corrected chi connectivity index (χ4v) is 2.39. The molecule has 0 aromatic carbocycles. The minimum atomic E-state index is -4.01. The third-order valence-electron chi connectivity index (χ3n) is 2.58. The summed E-state index contributed by atoms with van der Waals surface area (Å²) in [6, 6.07) is 0. The molecule has 0 aromatic rings. The van der Waals surface area contributed by atoms with Gasteiger partial charge in [-0.1, -0.05) is 32.6 Å². The lowest BCUT2D eigenvalue weighted by Crippen LogP contribution is -2.20. The van der Waals surface area contributed by atoms with Gasteiger partial charge in [-0.2, -0.15) is 0 Å². The Labute approximate surface area is 121 Å². The van der Waals surface area contributed by atoms with Crippen molar-refractivity contribution in [2.45, 2.75) is 65.4 Å². The Bertz CT molecular complexity index is 307. The summed E-state index contributed by atoms with van der Waals surface area (Å²) in [5, 5.41) is 0. The molecule has 0 aliphatic heterocycles. The van der Waals surface area contributed by atoms with E-state index in [9.17, 15) is 14.3 Å². The zero-order valence-electron chi connectivity index (χ0n) is 12.7. The molecule has 0 aliphatic rings. The van der Waals surface area contributed by atoms with Gasteiger partial charge in [-0.05, 0) is 20.3 Å². The maximum absolute atomic E-state index is 11.5. The lowest BCUT2D eigenvalue weighted by molar-refractivity contribution is -0.150. The summed E-state index contributed by atoms with van der Waals surface area (Å²) in [5.41, 5.74) is 0. The molecule has 0 amide bonds. The molecule has 0 saturated heterocycles. The average molecular weight is 310 g/mol. The molecule has 0 rings (SSSR count). The van der Waals surface area contributed by atoms with Gasteiger partial charge in [0.2, 0.25) is 0 Å². The zero-order valence-corrected chi connectivity index (χ0v) is 13.6. The number of carbonyl (C=O) groups excluding carboxylic acids is 1. The highest BCUT2D eigenvalue weighted by molar-refractivity contribution is 7.47. The highest BCUT2D eigenvalue weighted by Gasteiger charge is 2.22. The van der Waals surface area contributed by atoms with Gasteiger partial charge < -0.3 is 9.63 Å². The summed E-state index contributed by atoms with van der Waals surface area (Å²) in [7, 11) is -4.01. The first-order chi connectivity index (χ1) is 9.41. The van der Waals surface area contributed by atoms with Crippen LogP contribution in [0.3, 0.4) is 0 Å². The minimum Gasteiger partial charge on any atom is -0.460 e. The first-order valence-electron chi connectivity index (χ1n) is 7.22. The second kappa shape index (κ2) is 11.3. The Balaban J connectivity index is 3.72. The second-order valence-corrected chi connectivity index (χ2v) is 6.10. The summed E-state index contributed by atoms with van der Waals surface area (Å²) >= 11 is 0. The smallest absolute Gasteiger partial charge is 0.460 e. The van der Waals surface area contributed by atoms with Gasteiger partial charge in [0.15, 0.2) is 0 Å². The molecular formula is C13H27O6P. The number of hydrogen-bond donors (Lipinski definition) is 1. The van der Waals surface area contributed by atoms with E-state index in [0.717, 1.165) is 19.3 Å². The van der Waals surface area contributed by atoms with E-state index in [1.54, 1.807) is 13.8 Å². The summed E-state index contributed by atoms with van der Waals surface area (Å²) in [6.07, 6.45) is 5.11. The van der Waals surface area contributed by atoms with Crippen LogP contribution in [0.25, 0.3) is 0 Å². The van der Waals surface area contributed by atoms with E-state index < -0.39 is 13.9 Å². The molecule has 1 N–H and O–H groups in total. The molecule has 0 fully saturated rings. The average Bonchev–Trinajstić information content (AvgIpc) is 2.36. The minimum absolute atomic E-state index is 0.0830. The van der Waals surface area contributed by atoms with Crippen molar-refractivity contribution in [1.82, 2.24) is 0 Å². The quantitative estimate of drug-likeness (QED) is 0.338. The van der Waals surface area contributed by atoms with E-state index in [2.05, 4.69) is 11.4 Å². The molecule has 1 unspecified atom stereocenters. The largest absolute Gasteiger partial charge is 0.472 e. The number of carbonyl (C=O) groups is 1. The number of unbranched alkanes of at least 4 members (excludes halogenated alkanes) is 4. The molecule has 0 aliphatic carbocycles. The topological polar surface area (TPSA) is 82.1 Å². The van der Waals surface area contributed by atoms with Crippen LogP contribution in [0.15, 0.2) is 0 Å². The van der Waals surface area contributed by atoms with E-state index in [-0.39, 0.29) is 19.2 Å². The lowest BCUT2D eigenvalue weighted by atomic mass is 10.1. The first-order valence-corrected chi connectivity index (χ1v) is 8.72. The van der Waals surface area contributed by atoms with Gasteiger partial charge in [-0.25, -0.2) is 4.57 Å². The van der Waals surface area contributed by atoms with Crippen molar-refractivity contribution >= 4 is 13.8 Å². The lowest BCUT2D eigenvalue weighted by Gasteiger charge is -2.16. The summed E-state index contributed by atoms with van der Waals surface area (Å²) in [4.78, 5) is 20.7. The SMILES string of the molecule is CCCCCCCC(=O)O[C@H](C)COP(=O)(O)OCC. The van der Waals surface area contributed by atoms with E-state index in [0.29, 0.717) is 6.42 Å². The van der Waals surface area contributed by atoms with Gasteiger partial charge in [0.05, 0.1) is 13.2 Å². The van der Waals surface area contributed by atoms with E-state index in [4.69, 9.17) is 9.26 Å². The molecule has 120 valence electrons. The predicted octanol–water partition coefficient (Wildman–Crippen LogP) is 3.43. The summed E-state index contributed by atoms with van der Waals surface area (Å²) < 4.78 is 25.6. The van der Waals surface area contributed by atoms with Gasteiger partial charge in [-0.15, -0.1) is 0 Å². The van der Waals surface area contributed by atoms with Crippen LogP contribution in [0.4, 0.5) is 0 Å². The van der Waals surface area contributed by atoms with Gasteiger partial charge in [-0.3, -0.25) is 13.8 Å². The van der Waals surface area contributed by atoms with Crippen LogP contribution in [-0.4, -0.2) is 30.2 Å². The van der Waals surface area contributed by atoms with Crippen LogP contribution in [0, 0.1) is 0 Å². The second-order valence-electron chi connectivity index (χ2n) is 4.65. The molecule has 0 aromatic heterocycles. The Morgan fingerprint density at radius 3 is 2.40 bits per heavy atom. The highest BCUT2D eigenvalue weighted by Crippen LogP contribution is 2.42. The van der Waals surface area contributed by atoms with Crippen LogP contribution < -0.4 is 0 Å². The number of esters is 1. The highest BCUT2D eigenvalue weighted by atomic mass is 31.2. The van der Waals surface area contributed by atoms with Gasteiger partial charge in [0, 0.05) is 6.42 Å². The van der Waals surface area contributed by atoms with Gasteiger partial charge >= 0.3 is 13.8 Å². The maximum atomic E-state index is 11.5. The maximum Gasteiger partial charge on any atom is 0.472 e. The van der Waals surface area contributed by atoms with E-state index in [1.165, 1.54) is 12.8 Å². The molecule has 0 bridgehead atoms.